The fourth-order valence-corrected chi connectivity index (χ4v) is 6.24. The van der Waals surface area contributed by atoms with Gasteiger partial charge in [0.05, 0.1) is 16.8 Å². The molecule has 2 aromatic rings. The van der Waals surface area contributed by atoms with E-state index in [1.54, 1.807) is 0 Å². The van der Waals surface area contributed by atoms with Gasteiger partial charge in [0, 0.05) is 10.8 Å². The molecule has 2 aliphatic carbocycles. The quantitative estimate of drug-likeness (QED) is 0.911. The number of anilines is 1. The third-order valence-electron chi connectivity index (χ3n) is 7.08. The Morgan fingerprint density at radius 1 is 1.39 bits per heavy atom. The first kappa shape index (κ1) is 13.9. The van der Waals surface area contributed by atoms with Crippen molar-refractivity contribution in [1.29, 1.82) is 0 Å². The van der Waals surface area contributed by atoms with E-state index >= 15 is 0 Å². The van der Waals surface area contributed by atoms with E-state index in [9.17, 15) is 4.79 Å². The Balaban J connectivity index is 1.49. The standard InChI is InChI=1S/C18H20N2O2S/c1-16-10-22-18(9-11(16)7-8-17(16,18)2)14(21)20-15-19-12-5-3-4-6-13(12)23-15/h3-6,11H,7-10H2,1-2H3,(H,19,20,21)/t11-,16+,17-,18+/m1/s1. The maximum Gasteiger partial charge on any atom is 0.259 e. The highest BCUT2D eigenvalue weighted by Crippen LogP contribution is 2.75. The van der Waals surface area contributed by atoms with Gasteiger partial charge in [0.1, 0.15) is 0 Å². The summed E-state index contributed by atoms with van der Waals surface area (Å²) in [4.78, 5) is 17.7. The van der Waals surface area contributed by atoms with Gasteiger partial charge in [0.15, 0.2) is 10.7 Å². The number of amides is 1. The molecule has 23 heavy (non-hydrogen) atoms. The highest BCUT2D eigenvalue weighted by atomic mass is 32.1. The Morgan fingerprint density at radius 3 is 2.96 bits per heavy atom. The van der Waals surface area contributed by atoms with Gasteiger partial charge in [-0.1, -0.05) is 37.3 Å². The molecule has 0 spiro atoms. The van der Waals surface area contributed by atoms with Crippen LogP contribution in [-0.4, -0.2) is 23.1 Å². The summed E-state index contributed by atoms with van der Waals surface area (Å²) in [7, 11) is 0. The molecule has 1 aromatic carbocycles. The second kappa shape index (κ2) is 4.14. The van der Waals surface area contributed by atoms with Crippen molar-refractivity contribution in [1.82, 2.24) is 4.98 Å². The SMILES string of the molecule is C[C@]12CC[C@@H]3C[C@@]1(C(=O)Nc1nc4ccccc4s1)OC[C@@]32C. The predicted molar refractivity (Wildman–Crippen MR) is 90.5 cm³/mol. The van der Waals surface area contributed by atoms with E-state index in [-0.39, 0.29) is 16.7 Å². The van der Waals surface area contributed by atoms with Gasteiger partial charge < -0.3 is 4.74 Å². The molecule has 3 fully saturated rings. The number of ether oxygens (including phenoxy) is 1. The van der Waals surface area contributed by atoms with Gasteiger partial charge in [0.2, 0.25) is 0 Å². The van der Waals surface area contributed by atoms with Crippen molar-refractivity contribution in [3.05, 3.63) is 24.3 Å². The van der Waals surface area contributed by atoms with Gasteiger partial charge in [-0.25, -0.2) is 4.98 Å². The zero-order chi connectivity index (χ0) is 15.9. The van der Waals surface area contributed by atoms with Crippen molar-refractivity contribution < 1.29 is 9.53 Å². The monoisotopic (exact) mass is 328 g/mol. The third-order valence-corrected chi connectivity index (χ3v) is 8.03. The number of benzene rings is 1. The second-order valence-corrected chi connectivity index (χ2v) is 8.78. The molecule has 4 nitrogen and oxygen atoms in total. The summed E-state index contributed by atoms with van der Waals surface area (Å²) in [5.41, 5.74) is 0.368. The first-order valence-corrected chi connectivity index (χ1v) is 9.11. The molecule has 5 heteroatoms. The smallest absolute Gasteiger partial charge is 0.259 e. The van der Waals surface area contributed by atoms with Crippen LogP contribution in [0.5, 0.6) is 0 Å². The zero-order valence-corrected chi connectivity index (χ0v) is 14.2. The Kier molecular flexibility index (Phi) is 2.51. The molecule has 4 atom stereocenters. The molecular weight excluding hydrogens is 308 g/mol. The molecule has 2 heterocycles. The van der Waals surface area contributed by atoms with Crippen LogP contribution in [0.15, 0.2) is 24.3 Å². The van der Waals surface area contributed by atoms with Crippen molar-refractivity contribution in [3.8, 4) is 0 Å². The number of nitrogens with one attached hydrogen (secondary N) is 1. The molecule has 1 aromatic heterocycles. The summed E-state index contributed by atoms with van der Waals surface area (Å²) in [6, 6.07) is 7.97. The van der Waals surface area contributed by atoms with E-state index in [0.29, 0.717) is 17.7 Å². The van der Waals surface area contributed by atoms with Gasteiger partial charge in [-0.05, 0) is 37.3 Å². The molecule has 3 aliphatic rings. The molecule has 5 rings (SSSR count). The largest absolute Gasteiger partial charge is 0.364 e. The summed E-state index contributed by atoms with van der Waals surface area (Å²) in [5.74, 6) is 0.618. The number of carbonyl (C=O) groups is 1. The minimum Gasteiger partial charge on any atom is -0.364 e. The Bertz CT molecular complexity index is 800. The molecule has 1 N–H and O–H groups in total. The molecule has 1 aliphatic heterocycles. The summed E-state index contributed by atoms with van der Waals surface area (Å²) >= 11 is 1.53. The lowest BCUT2D eigenvalue weighted by Gasteiger charge is -2.39. The Morgan fingerprint density at radius 2 is 2.22 bits per heavy atom. The number of para-hydroxylation sites is 1. The van der Waals surface area contributed by atoms with E-state index in [1.165, 1.54) is 17.8 Å². The van der Waals surface area contributed by atoms with E-state index in [0.717, 1.165) is 23.1 Å². The number of fused-ring (bicyclic) bond motifs is 1. The number of rotatable bonds is 2. The number of nitrogens with zero attached hydrogens (tertiary/aromatic N) is 1. The molecule has 1 saturated heterocycles. The predicted octanol–water partition coefficient (Wildman–Crippen LogP) is 3.83. The minimum absolute atomic E-state index is 0.00461. The topological polar surface area (TPSA) is 51.2 Å². The van der Waals surface area contributed by atoms with Crippen LogP contribution in [0.3, 0.4) is 0 Å². The van der Waals surface area contributed by atoms with E-state index < -0.39 is 5.60 Å². The van der Waals surface area contributed by atoms with Crippen LogP contribution < -0.4 is 5.32 Å². The van der Waals surface area contributed by atoms with Crippen molar-refractivity contribution in [2.24, 2.45) is 16.7 Å². The number of thiazole rings is 1. The lowest BCUT2D eigenvalue weighted by molar-refractivity contribution is -0.149. The highest BCUT2D eigenvalue weighted by Gasteiger charge is 2.78. The molecule has 0 radical (unpaired) electrons. The van der Waals surface area contributed by atoms with Gasteiger partial charge in [-0.2, -0.15) is 0 Å². The molecule has 2 saturated carbocycles. The average Bonchev–Trinajstić information content (AvgIpc) is 3.17. The fraction of sp³-hybridized carbons (Fsp3) is 0.556. The third kappa shape index (κ3) is 1.46. The second-order valence-electron chi connectivity index (χ2n) is 7.75. The minimum atomic E-state index is -0.664. The molecule has 4 bridgehead atoms. The van der Waals surface area contributed by atoms with Crippen molar-refractivity contribution in [2.75, 3.05) is 11.9 Å². The lowest BCUT2D eigenvalue weighted by atomic mass is 9.66. The van der Waals surface area contributed by atoms with Crippen LogP contribution in [0.2, 0.25) is 0 Å². The van der Waals surface area contributed by atoms with Gasteiger partial charge >= 0.3 is 0 Å². The van der Waals surface area contributed by atoms with Gasteiger partial charge in [0.25, 0.3) is 5.91 Å². The normalized spacial score (nSPS) is 40.9. The maximum absolute atomic E-state index is 13.1. The van der Waals surface area contributed by atoms with E-state index in [4.69, 9.17) is 4.74 Å². The van der Waals surface area contributed by atoms with Crippen molar-refractivity contribution in [2.45, 2.75) is 38.7 Å². The van der Waals surface area contributed by atoms with Crippen LogP contribution in [0.4, 0.5) is 5.13 Å². The van der Waals surface area contributed by atoms with Gasteiger partial charge in [-0.3, -0.25) is 10.1 Å². The summed E-state index contributed by atoms with van der Waals surface area (Å²) in [6.07, 6.45) is 3.17. The van der Waals surface area contributed by atoms with Crippen LogP contribution in [0.1, 0.15) is 33.1 Å². The van der Waals surface area contributed by atoms with Crippen LogP contribution in [-0.2, 0) is 9.53 Å². The Hall–Kier alpha value is -1.46. The first-order valence-electron chi connectivity index (χ1n) is 8.30. The van der Waals surface area contributed by atoms with Crippen LogP contribution in [0.25, 0.3) is 10.2 Å². The number of carbonyl (C=O) groups excluding carboxylic acids is 1. The van der Waals surface area contributed by atoms with E-state index in [2.05, 4.69) is 24.1 Å². The first-order chi connectivity index (χ1) is 11.0. The van der Waals surface area contributed by atoms with Crippen molar-refractivity contribution in [3.63, 3.8) is 0 Å². The van der Waals surface area contributed by atoms with Gasteiger partial charge in [-0.15, -0.1) is 0 Å². The summed E-state index contributed by atoms with van der Waals surface area (Å²) in [6.45, 7) is 5.27. The number of hydrogen-bond donors (Lipinski definition) is 1. The lowest BCUT2D eigenvalue weighted by Crippen LogP contribution is -2.52. The summed E-state index contributed by atoms with van der Waals surface area (Å²) in [5, 5.41) is 3.74. The maximum atomic E-state index is 13.1. The summed E-state index contributed by atoms with van der Waals surface area (Å²) < 4.78 is 7.25. The molecule has 120 valence electrons. The Labute approximate surface area is 139 Å². The number of hydrogen-bond acceptors (Lipinski definition) is 4. The molecular formula is C18H20N2O2S. The highest BCUT2D eigenvalue weighted by molar-refractivity contribution is 7.22. The average molecular weight is 328 g/mol. The van der Waals surface area contributed by atoms with E-state index in [1.807, 2.05) is 24.3 Å². The van der Waals surface area contributed by atoms with Crippen LogP contribution in [0, 0.1) is 16.7 Å². The zero-order valence-electron chi connectivity index (χ0n) is 13.4. The fourth-order valence-electron chi connectivity index (χ4n) is 5.38. The van der Waals surface area contributed by atoms with Crippen molar-refractivity contribution >= 4 is 32.6 Å². The molecule has 0 unspecified atom stereocenters. The molecule has 1 amide bonds. The number of aromatic nitrogens is 1. The van der Waals surface area contributed by atoms with Crippen LogP contribution >= 0.6 is 11.3 Å².